The van der Waals surface area contributed by atoms with Gasteiger partial charge in [0.25, 0.3) is 0 Å². The van der Waals surface area contributed by atoms with E-state index in [0.29, 0.717) is 53.3 Å². The molecule has 6 aromatic rings. The van der Waals surface area contributed by atoms with Crippen LogP contribution in [0, 0.1) is 0 Å². The van der Waals surface area contributed by atoms with Crippen LogP contribution in [0.2, 0.25) is 0 Å². The van der Waals surface area contributed by atoms with E-state index in [1.807, 2.05) is 109 Å². The second kappa shape index (κ2) is 15.9. The fourth-order valence-electron chi connectivity index (χ4n) is 5.69. The van der Waals surface area contributed by atoms with Gasteiger partial charge in [0.15, 0.2) is 23.0 Å². The maximum atomic E-state index is 12.1. The van der Waals surface area contributed by atoms with E-state index in [1.165, 1.54) is 13.2 Å². The van der Waals surface area contributed by atoms with Gasteiger partial charge in [0.1, 0.15) is 24.7 Å². The highest BCUT2D eigenvalue weighted by Crippen LogP contribution is 2.38. The predicted molar refractivity (Wildman–Crippen MR) is 196 cm³/mol. The average molecular weight is 711 g/mol. The zero-order valence-electron chi connectivity index (χ0n) is 28.7. The monoisotopic (exact) mass is 710 g/mol. The first kappa shape index (κ1) is 34.5. The minimum atomic E-state index is -1.00. The van der Waals surface area contributed by atoms with Crippen molar-refractivity contribution >= 4 is 11.9 Å². The van der Waals surface area contributed by atoms with Gasteiger partial charge in [0.05, 0.1) is 18.2 Å². The van der Waals surface area contributed by atoms with Crippen molar-refractivity contribution in [3.8, 4) is 56.8 Å². The number of benzene rings is 6. The lowest BCUT2D eigenvalue weighted by Gasteiger charge is -2.11. The second-order valence-corrected chi connectivity index (χ2v) is 12.0. The van der Waals surface area contributed by atoms with Gasteiger partial charge < -0.3 is 38.3 Å². The molecule has 0 radical (unpaired) electrons. The van der Waals surface area contributed by atoms with Gasteiger partial charge in [-0.3, -0.25) is 0 Å². The van der Waals surface area contributed by atoms with Crippen LogP contribution in [0.5, 0.6) is 34.5 Å². The number of aromatic carboxylic acids is 1. The van der Waals surface area contributed by atoms with Crippen molar-refractivity contribution in [3.05, 3.63) is 156 Å². The Bertz CT molecular complexity index is 2230. The van der Waals surface area contributed by atoms with Crippen molar-refractivity contribution in [1.82, 2.24) is 0 Å². The summed E-state index contributed by atoms with van der Waals surface area (Å²) >= 11 is 0. The Morgan fingerprint density at radius 1 is 0.528 bits per heavy atom. The van der Waals surface area contributed by atoms with Crippen molar-refractivity contribution in [2.45, 2.75) is 13.2 Å². The fourth-order valence-corrected chi connectivity index (χ4v) is 5.69. The number of carboxylic acids is 1. The molecule has 266 valence electrons. The van der Waals surface area contributed by atoms with E-state index >= 15 is 0 Å². The SMILES string of the molecule is COC(=O)c1cc(OCc2ccccc2)cc(-c2ccc3c(c2)OCO3)c1.O=C(O)c1cc(OCc2ccccc2)cc(-c2ccc3c(c2)OCO3)c1. The highest BCUT2D eigenvalue weighted by Gasteiger charge is 2.18. The van der Waals surface area contributed by atoms with Gasteiger partial charge in [-0.2, -0.15) is 0 Å². The van der Waals surface area contributed by atoms with Crippen LogP contribution in [0.25, 0.3) is 22.3 Å². The summed E-state index contributed by atoms with van der Waals surface area (Å²) in [5, 5.41) is 9.42. The summed E-state index contributed by atoms with van der Waals surface area (Å²) in [5.74, 6) is 2.40. The molecule has 0 aliphatic carbocycles. The first-order valence-electron chi connectivity index (χ1n) is 16.7. The molecule has 0 saturated carbocycles. The summed E-state index contributed by atoms with van der Waals surface area (Å²) in [6, 6.07) is 41.1. The Morgan fingerprint density at radius 3 is 1.45 bits per heavy atom. The second-order valence-electron chi connectivity index (χ2n) is 12.0. The lowest BCUT2D eigenvalue weighted by molar-refractivity contribution is 0.0599. The van der Waals surface area contributed by atoms with E-state index in [9.17, 15) is 14.7 Å². The van der Waals surface area contributed by atoms with Crippen LogP contribution >= 0.6 is 0 Å². The van der Waals surface area contributed by atoms with Gasteiger partial charge in [-0.25, -0.2) is 9.59 Å². The molecule has 0 bridgehead atoms. The molecule has 1 N–H and O–H groups in total. The molecule has 0 unspecified atom stereocenters. The summed E-state index contributed by atoms with van der Waals surface area (Å²) in [5.41, 5.74) is 5.96. The highest BCUT2D eigenvalue weighted by atomic mass is 16.7. The van der Waals surface area contributed by atoms with Gasteiger partial charge in [-0.1, -0.05) is 72.8 Å². The third-order valence-electron chi connectivity index (χ3n) is 8.39. The summed E-state index contributed by atoms with van der Waals surface area (Å²) in [7, 11) is 1.36. The van der Waals surface area contributed by atoms with Crippen LogP contribution < -0.4 is 28.4 Å². The molecule has 10 heteroatoms. The van der Waals surface area contributed by atoms with Gasteiger partial charge in [0, 0.05) is 0 Å². The van der Waals surface area contributed by atoms with Crippen LogP contribution in [-0.2, 0) is 18.0 Å². The molecule has 53 heavy (non-hydrogen) atoms. The smallest absolute Gasteiger partial charge is 0.338 e. The molecular formula is C43H34O10. The topological polar surface area (TPSA) is 119 Å². The number of carboxylic acid groups (broad SMARTS) is 1. The lowest BCUT2D eigenvalue weighted by atomic mass is 10.0. The highest BCUT2D eigenvalue weighted by molar-refractivity contribution is 5.92. The summed E-state index contributed by atoms with van der Waals surface area (Å²) in [6.07, 6.45) is 0. The van der Waals surface area contributed by atoms with Gasteiger partial charge >= 0.3 is 11.9 Å². The zero-order valence-corrected chi connectivity index (χ0v) is 28.7. The largest absolute Gasteiger partial charge is 0.489 e. The molecule has 0 spiro atoms. The molecule has 2 heterocycles. The van der Waals surface area contributed by atoms with Crippen LogP contribution in [0.3, 0.4) is 0 Å². The van der Waals surface area contributed by atoms with Crippen LogP contribution in [-0.4, -0.2) is 37.7 Å². The Kier molecular flexibility index (Phi) is 10.4. The van der Waals surface area contributed by atoms with Crippen molar-refractivity contribution in [2.75, 3.05) is 20.7 Å². The molecule has 8 rings (SSSR count). The van der Waals surface area contributed by atoms with E-state index in [4.69, 9.17) is 33.2 Å². The minimum absolute atomic E-state index is 0.170. The zero-order chi connectivity index (χ0) is 36.6. The van der Waals surface area contributed by atoms with Crippen molar-refractivity contribution in [1.29, 1.82) is 0 Å². The number of rotatable bonds is 10. The maximum Gasteiger partial charge on any atom is 0.338 e. The number of carbonyl (C=O) groups excluding carboxylic acids is 1. The van der Waals surface area contributed by atoms with Crippen LogP contribution in [0.15, 0.2) is 133 Å². The molecule has 2 aliphatic heterocycles. The van der Waals surface area contributed by atoms with Crippen molar-refractivity contribution < 1.29 is 47.9 Å². The average Bonchev–Trinajstić information content (AvgIpc) is 3.89. The van der Waals surface area contributed by atoms with E-state index in [2.05, 4.69) is 0 Å². The molecule has 0 amide bonds. The van der Waals surface area contributed by atoms with Crippen molar-refractivity contribution in [2.24, 2.45) is 0 Å². The first-order chi connectivity index (χ1) is 25.9. The summed E-state index contributed by atoms with van der Waals surface area (Å²) in [6.45, 7) is 1.18. The molecule has 2 aliphatic rings. The number of ether oxygens (including phenoxy) is 7. The maximum absolute atomic E-state index is 12.1. The molecule has 0 atom stereocenters. The lowest BCUT2D eigenvalue weighted by Crippen LogP contribution is -2.03. The number of hydrogen-bond donors (Lipinski definition) is 1. The third kappa shape index (κ3) is 8.51. The number of carbonyl (C=O) groups is 2. The molecular weight excluding hydrogens is 676 g/mol. The Morgan fingerprint density at radius 2 is 0.981 bits per heavy atom. The van der Waals surface area contributed by atoms with Gasteiger partial charge in [-0.05, 0) is 94.0 Å². The van der Waals surface area contributed by atoms with Crippen LogP contribution in [0.4, 0.5) is 0 Å². The van der Waals surface area contributed by atoms with Crippen LogP contribution in [0.1, 0.15) is 31.8 Å². The molecule has 10 nitrogen and oxygen atoms in total. The number of esters is 1. The Balaban J connectivity index is 0.000000164. The summed E-state index contributed by atoms with van der Waals surface area (Å²) < 4.78 is 38.2. The van der Waals surface area contributed by atoms with E-state index in [-0.39, 0.29) is 19.1 Å². The van der Waals surface area contributed by atoms with Gasteiger partial charge in [-0.15, -0.1) is 0 Å². The van der Waals surface area contributed by atoms with E-state index in [1.54, 1.807) is 18.2 Å². The number of fused-ring (bicyclic) bond motifs is 2. The van der Waals surface area contributed by atoms with E-state index in [0.717, 1.165) is 33.4 Å². The molecule has 0 aromatic heterocycles. The third-order valence-corrected chi connectivity index (χ3v) is 8.39. The Hall–Kier alpha value is -6.94. The van der Waals surface area contributed by atoms with E-state index < -0.39 is 11.9 Å². The summed E-state index contributed by atoms with van der Waals surface area (Å²) in [4.78, 5) is 23.6. The number of methoxy groups -OCH3 is 1. The van der Waals surface area contributed by atoms with Crippen molar-refractivity contribution in [3.63, 3.8) is 0 Å². The normalized spacial score (nSPS) is 11.9. The predicted octanol–water partition coefficient (Wildman–Crippen LogP) is 8.81. The Labute approximate surface area is 305 Å². The standard InChI is InChI=1S/C22H18O5.C21H16O5/c1-24-22(23)18-9-17(16-7-8-20-21(12-16)27-14-26-20)10-19(11-18)25-13-15-5-3-2-4-6-15;22-21(23)17-8-16(15-6-7-19-20(11-15)26-13-25-19)9-18(10-17)24-12-14-4-2-1-3-5-14/h2-12H,13-14H2,1H3;1-11H,12-13H2,(H,22,23). The first-order valence-corrected chi connectivity index (χ1v) is 16.7. The molecule has 0 fully saturated rings. The number of hydrogen-bond acceptors (Lipinski definition) is 9. The minimum Gasteiger partial charge on any atom is -0.489 e. The molecule has 0 saturated heterocycles. The molecule has 6 aromatic carbocycles. The quantitative estimate of drug-likeness (QED) is 0.138. The fraction of sp³-hybridized carbons (Fsp3) is 0.116. The van der Waals surface area contributed by atoms with Gasteiger partial charge in [0.2, 0.25) is 13.6 Å².